The zero-order chi connectivity index (χ0) is 34.9. The lowest BCUT2D eigenvalue weighted by atomic mass is 9.88. The summed E-state index contributed by atoms with van der Waals surface area (Å²) in [7, 11) is 1.71. The Kier molecular flexibility index (Phi) is 12.6. The minimum Gasteiger partial charge on any atom is -0.490 e. The first kappa shape index (κ1) is 36.3. The molecule has 0 saturated heterocycles. The number of amides is 4. The van der Waals surface area contributed by atoms with Crippen LogP contribution in [0.25, 0.3) is 0 Å². The van der Waals surface area contributed by atoms with E-state index in [-0.39, 0.29) is 62.3 Å². The Hall–Kier alpha value is -4.03. The highest BCUT2D eigenvalue weighted by molar-refractivity contribution is 6.00. The highest BCUT2D eigenvalue weighted by atomic mass is 16.7. The third-order valence-electron chi connectivity index (χ3n) is 9.72. The molecule has 4 amide bonds. The fourth-order valence-electron chi connectivity index (χ4n) is 6.62. The smallest absolute Gasteiger partial charge is 0.321 e. The second kappa shape index (κ2) is 17.1. The number of nitrogens with zero attached hydrogens (tertiary/aromatic N) is 2. The van der Waals surface area contributed by atoms with Crippen molar-refractivity contribution in [3.63, 3.8) is 0 Å². The van der Waals surface area contributed by atoms with Crippen LogP contribution < -0.4 is 24.8 Å². The number of nitrogens with one attached hydrogen (secondary N) is 2. The number of hydrogen-bond acceptors (Lipinski definition) is 8. The summed E-state index contributed by atoms with van der Waals surface area (Å²) >= 11 is 0. The number of hydrogen-bond donors (Lipinski definition) is 3. The van der Waals surface area contributed by atoms with Gasteiger partial charge in [0.2, 0.25) is 12.7 Å². The van der Waals surface area contributed by atoms with E-state index in [2.05, 4.69) is 10.6 Å². The van der Waals surface area contributed by atoms with E-state index in [1.54, 1.807) is 60.2 Å². The predicted molar refractivity (Wildman–Crippen MR) is 186 cm³/mol. The van der Waals surface area contributed by atoms with Gasteiger partial charge in [0.25, 0.3) is 5.91 Å². The minimum atomic E-state index is -0.513. The molecule has 0 bridgehead atoms. The molecule has 3 N–H and O–H groups in total. The molecule has 12 nitrogen and oxygen atoms in total. The van der Waals surface area contributed by atoms with Crippen LogP contribution in [-0.2, 0) is 9.53 Å². The standard InChI is InChI=1S/C37H52N4O8/c1-24-20-41(25(2)22-42)36(44)30-18-28(38-35(43)27-11-6-5-7-12-27)13-15-31(30)49-26(3)10-8-9-17-46-34(24)21-40(4)37(45)39-29-14-16-32-33(19-29)48-23-47-32/h13-16,18-19,24-27,34,42H,5-12,17,20-23H2,1-4H3,(H,38,43)(H,39,45)/t24-,25+,26+,34-/m1/s1. The number of aliphatic hydroxyl groups is 1. The van der Waals surface area contributed by atoms with E-state index >= 15 is 0 Å². The van der Waals surface area contributed by atoms with Gasteiger partial charge < -0.3 is 44.5 Å². The lowest BCUT2D eigenvalue weighted by molar-refractivity contribution is -0.120. The van der Waals surface area contributed by atoms with Crippen molar-refractivity contribution >= 4 is 29.2 Å². The molecule has 49 heavy (non-hydrogen) atoms. The molecule has 2 aromatic rings. The summed E-state index contributed by atoms with van der Waals surface area (Å²) in [6, 6.07) is 9.66. The third kappa shape index (κ3) is 9.57. The van der Waals surface area contributed by atoms with E-state index in [1.807, 2.05) is 13.8 Å². The van der Waals surface area contributed by atoms with Gasteiger partial charge in [-0.2, -0.15) is 0 Å². The average molecular weight is 681 g/mol. The molecule has 2 aromatic carbocycles. The maximum absolute atomic E-state index is 14.4. The van der Waals surface area contributed by atoms with Crippen LogP contribution in [0.2, 0.25) is 0 Å². The van der Waals surface area contributed by atoms with Crippen LogP contribution >= 0.6 is 0 Å². The van der Waals surface area contributed by atoms with Crippen molar-refractivity contribution < 1.29 is 38.4 Å². The Balaban J connectivity index is 1.35. The van der Waals surface area contributed by atoms with E-state index in [1.165, 1.54) is 0 Å². The van der Waals surface area contributed by atoms with Gasteiger partial charge in [0.15, 0.2) is 11.5 Å². The van der Waals surface area contributed by atoms with E-state index in [9.17, 15) is 19.5 Å². The van der Waals surface area contributed by atoms with Crippen molar-refractivity contribution in [1.82, 2.24) is 9.80 Å². The van der Waals surface area contributed by atoms with Gasteiger partial charge >= 0.3 is 6.03 Å². The van der Waals surface area contributed by atoms with E-state index in [0.717, 1.165) is 51.4 Å². The molecule has 2 heterocycles. The molecule has 3 aliphatic rings. The van der Waals surface area contributed by atoms with Crippen LogP contribution in [0.3, 0.4) is 0 Å². The monoisotopic (exact) mass is 680 g/mol. The van der Waals surface area contributed by atoms with Gasteiger partial charge in [0.1, 0.15) is 5.75 Å². The Labute approximate surface area is 289 Å². The molecule has 0 aromatic heterocycles. The Morgan fingerprint density at radius 3 is 2.39 bits per heavy atom. The van der Waals surface area contributed by atoms with Gasteiger partial charge in [-0.1, -0.05) is 26.2 Å². The Bertz CT molecular complexity index is 1450. The number of carbonyl (C=O) groups excluding carboxylic acids is 3. The van der Waals surface area contributed by atoms with Crippen LogP contribution in [0, 0.1) is 11.8 Å². The van der Waals surface area contributed by atoms with Crippen LogP contribution in [0.4, 0.5) is 16.2 Å². The number of benzene rings is 2. The topological polar surface area (TPSA) is 139 Å². The minimum absolute atomic E-state index is 0.0249. The molecule has 1 fully saturated rings. The highest BCUT2D eigenvalue weighted by Gasteiger charge is 2.31. The second-order valence-corrected chi connectivity index (χ2v) is 13.7. The van der Waals surface area contributed by atoms with Gasteiger partial charge in [0, 0.05) is 56.0 Å². The highest BCUT2D eigenvalue weighted by Crippen LogP contribution is 2.34. The quantitative estimate of drug-likeness (QED) is 0.329. The molecular formula is C37H52N4O8. The van der Waals surface area contributed by atoms with Gasteiger partial charge in [-0.15, -0.1) is 0 Å². The Morgan fingerprint density at radius 2 is 1.63 bits per heavy atom. The van der Waals surface area contributed by atoms with Gasteiger partial charge in [-0.25, -0.2) is 4.79 Å². The van der Waals surface area contributed by atoms with Gasteiger partial charge in [0.05, 0.1) is 30.4 Å². The van der Waals surface area contributed by atoms with Crippen molar-refractivity contribution in [2.75, 3.05) is 50.8 Å². The van der Waals surface area contributed by atoms with E-state index in [0.29, 0.717) is 40.8 Å². The summed E-state index contributed by atoms with van der Waals surface area (Å²) in [5.41, 5.74) is 1.45. The number of rotatable bonds is 7. The van der Waals surface area contributed by atoms with Crippen LogP contribution in [-0.4, -0.2) is 91.1 Å². The maximum atomic E-state index is 14.4. The maximum Gasteiger partial charge on any atom is 0.321 e. The Morgan fingerprint density at radius 1 is 0.939 bits per heavy atom. The zero-order valence-corrected chi connectivity index (χ0v) is 29.2. The van der Waals surface area contributed by atoms with Crippen LogP contribution in [0.15, 0.2) is 36.4 Å². The summed E-state index contributed by atoms with van der Waals surface area (Å²) in [4.78, 5) is 44.0. The molecule has 0 unspecified atom stereocenters. The first-order chi connectivity index (χ1) is 23.6. The fraction of sp³-hybridized carbons (Fsp3) is 0.595. The van der Waals surface area contributed by atoms with Crippen molar-refractivity contribution in [2.45, 2.75) is 90.4 Å². The number of urea groups is 1. The number of ether oxygens (including phenoxy) is 4. The average Bonchev–Trinajstić information content (AvgIpc) is 3.58. The van der Waals surface area contributed by atoms with E-state index < -0.39 is 12.1 Å². The van der Waals surface area contributed by atoms with Crippen molar-refractivity contribution in [2.24, 2.45) is 11.8 Å². The third-order valence-corrected chi connectivity index (χ3v) is 9.72. The summed E-state index contributed by atoms with van der Waals surface area (Å²) in [5.74, 6) is 1.08. The number of carbonyl (C=O) groups is 3. The first-order valence-electron chi connectivity index (χ1n) is 17.7. The summed E-state index contributed by atoms with van der Waals surface area (Å²) in [6.07, 6.45) is 6.84. The molecular weight excluding hydrogens is 628 g/mol. The van der Waals surface area contributed by atoms with Crippen LogP contribution in [0.1, 0.15) is 82.5 Å². The molecule has 0 spiro atoms. The summed E-state index contributed by atoms with van der Waals surface area (Å²) in [6.45, 7) is 6.70. The van der Waals surface area contributed by atoms with Crippen LogP contribution in [0.5, 0.6) is 17.2 Å². The van der Waals surface area contributed by atoms with Gasteiger partial charge in [-0.3, -0.25) is 9.59 Å². The SMILES string of the molecule is C[C@@H]1CN([C@@H](C)CO)C(=O)c2cc(NC(=O)C3CCCCC3)ccc2O[C@@H](C)CCCCO[C@@H]1CN(C)C(=O)Nc1ccc2c(c1)OCO2. The molecule has 268 valence electrons. The molecule has 0 radical (unpaired) electrons. The lowest BCUT2D eigenvalue weighted by Gasteiger charge is -2.35. The number of anilines is 2. The lowest BCUT2D eigenvalue weighted by Crippen LogP contribution is -2.48. The number of likely N-dealkylation sites (N-methyl/N-ethyl adjacent to an activating group) is 1. The largest absolute Gasteiger partial charge is 0.490 e. The predicted octanol–water partition coefficient (Wildman–Crippen LogP) is 5.89. The summed E-state index contributed by atoms with van der Waals surface area (Å²) in [5, 5.41) is 16.2. The van der Waals surface area contributed by atoms with Crippen molar-refractivity contribution in [3.8, 4) is 17.2 Å². The molecule has 5 rings (SSSR count). The summed E-state index contributed by atoms with van der Waals surface area (Å²) < 4.78 is 23.5. The molecule has 1 saturated carbocycles. The number of aliphatic hydroxyl groups excluding tert-OH is 1. The molecule has 4 atom stereocenters. The first-order valence-corrected chi connectivity index (χ1v) is 17.7. The normalized spacial score (nSPS) is 22.7. The number of fused-ring (bicyclic) bond motifs is 2. The zero-order valence-electron chi connectivity index (χ0n) is 29.2. The fourth-order valence-corrected chi connectivity index (χ4v) is 6.62. The molecule has 12 heteroatoms. The molecule has 2 aliphatic heterocycles. The van der Waals surface area contributed by atoms with E-state index in [4.69, 9.17) is 18.9 Å². The molecule has 1 aliphatic carbocycles. The van der Waals surface area contributed by atoms with Crippen molar-refractivity contribution in [3.05, 3.63) is 42.0 Å². The second-order valence-electron chi connectivity index (χ2n) is 13.7. The van der Waals surface area contributed by atoms with Gasteiger partial charge in [-0.05, 0) is 76.3 Å². The van der Waals surface area contributed by atoms with Crippen molar-refractivity contribution in [1.29, 1.82) is 0 Å².